The van der Waals surface area contributed by atoms with E-state index in [2.05, 4.69) is 28.8 Å². The van der Waals surface area contributed by atoms with Crippen molar-refractivity contribution in [1.29, 1.82) is 0 Å². The Kier molecular flexibility index (Phi) is 4.20. The van der Waals surface area contributed by atoms with Crippen molar-refractivity contribution in [1.82, 2.24) is 10.2 Å². The van der Waals surface area contributed by atoms with Crippen molar-refractivity contribution in [3.63, 3.8) is 0 Å². The van der Waals surface area contributed by atoms with Crippen LogP contribution in [0.1, 0.15) is 18.9 Å². The van der Waals surface area contributed by atoms with Gasteiger partial charge in [0.05, 0.1) is 0 Å². The smallest absolute Gasteiger partial charge is 0.219 e. The first-order valence-corrected chi connectivity index (χ1v) is 6.43. The van der Waals surface area contributed by atoms with Crippen molar-refractivity contribution in [3.05, 3.63) is 29.8 Å². The average Bonchev–Trinajstić information content (AvgIpc) is 2.82. The van der Waals surface area contributed by atoms with E-state index >= 15 is 0 Å². The molecule has 1 amide bonds. The lowest BCUT2D eigenvalue weighted by molar-refractivity contribution is -0.128. The third kappa shape index (κ3) is 3.47. The molecule has 1 saturated heterocycles. The fourth-order valence-corrected chi connectivity index (χ4v) is 2.16. The second kappa shape index (κ2) is 5.87. The summed E-state index contributed by atoms with van der Waals surface area (Å²) < 4.78 is 0. The predicted molar refractivity (Wildman–Crippen MR) is 73.5 cm³/mol. The number of rotatable bonds is 4. The number of hydrogen-bond donors (Lipinski definition) is 2. The highest BCUT2D eigenvalue weighted by atomic mass is 16.2. The van der Waals surface area contributed by atoms with Crippen molar-refractivity contribution in [3.8, 4) is 0 Å². The quantitative estimate of drug-likeness (QED) is 0.846. The van der Waals surface area contributed by atoms with Crippen molar-refractivity contribution in [2.45, 2.75) is 25.9 Å². The number of nitrogens with one attached hydrogen (secondary N) is 2. The van der Waals surface area contributed by atoms with E-state index in [1.807, 2.05) is 13.1 Å². The molecule has 0 radical (unpaired) electrons. The molecule has 1 aliphatic rings. The molecule has 0 aliphatic carbocycles. The summed E-state index contributed by atoms with van der Waals surface area (Å²) >= 11 is 0. The molecule has 98 valence electrons. The minimum atomic E-state index is 0.0911. The minimum Gasteiger partial charge on any atom is -0.381 e. The van der Waals surface area contributed by atoms with Crippen molar-refractivity contribution < 1.29 is 4.79 Å². The Bertz CT molecular complexity index is 413. The largest absolute Gasteiger partial charge is 0.381 e. The van der Waals surface area contributed by atoms with Crippen LogP contribution in [0, 0.1) is 0 Å². The van der Waals surface area contributed by atoms with E-state index in [-0.39, 0.29) is 5.91 Å². The molecular weight excluding hydrogens is 226 g/mol. The predicted octanol–water partition coefficient (Wildman–Crippen LogP) is 1.44. The Labute approximate surface area is 108 Å². The maximum Gasteiger partial charge on any atom is 0.219 e. The topological polar surface area (TPSA) is 44.4 Å². The third-order valence-electron chi connectivity index (χ3n) is 3.32. The van der Waals surface area contributed by atoms with E-state index in [0.29, 0.717) is 12.6 Å². The fraction of sp³-hybridized carbons (Fsp3) is 0.500. The van der Waals surface area contributed by atoms with Crippen molar-refractivity contribution >= 4 is 11.6 Å². The monoisotopic (exact) mass is 247 g/mol. The van der Waals surface area contributed by atoms with Gasteiger partial charge in [0.25, 0.3) is 0 Å². The van der Waals surface area contributed by atoms with Gasteiger partial charge in [-0.05, 0) is 30.7 Å². The standard InChI is InChI=1S/C14H21N3O/c1-11(18)17(2)10-12-4-3-5-13(8-12)16-14-6-7-15-9-14/h3-5,8,14-16H,6-7,9-10H2,1-2H3. The number of hydrogen-bond acceptors (Lipinski definition) is 3. The molecule has 1 aromatic carbocycles. The molecule has 0 spiro atoms. The number of anilines is 1. The summed E-state index contributed by atoms with van der Waals surface area (Å²) in [4.78, 5) is 12.9. The normalized spacial score (nSPS) is 18.7. The lowest BCUT2D eigenvalue weighted by Gasteiger charge is -2.17. The molecule has 1 unspecified atom stereocenters. The van der Waals surface area contributed by atoms with E-state index in [9.17, 15) is 4.79 Å². The Morgan fingerprint density at radius 2 is 2.39 bits per heavy atom. The highest BCUT2D eigenvalue weighted by Crippen LogP contribution is 2.15. The van der Waals surface area contributed by atoms with Crippen LogP contribution in [0.3, 0.4) is 0 Å². The molecule has 0 aromatic heterocycles. The molecule has 1 fully saturated rings. The van der Waals surface area contributed by atoms with Crippen LogP contribution in [0.25, 0.3) is 0 Å². The van der Waals surface area contributed by atoms with Crippen LogP contribution >= 0.6 is 0 Å². The van der Waals surface area contributed by atoms with Crippen LogP contribution in [0.2, 0.25) is 0 Å². The second-order valence-corrected chi connectivity index (χ2v) is 4.91. The van der Waals surface area contributed by atoms with E-state index in [1.54, 1.807) is 11.8 Å². The van der Waals surface area contributed by atoms with Crippen molar-refractivity contribution in [2.75, 3.05) is 25.5 Å². The van der Waals surface area contributed by atoms with Gasteiger partial charge >= 0.3 is 0 Å². The lowest BCUT2D eigenvalue weighted by Crippen LogP contribution is -2.24. The molecule has 0 saturated carbocycles. The highest BCUT2D eigenvalue weighted by molar-refractivity contribution is 5.72. The third-order valence-corrected chi connectivity index (χ3v) is 3.32. The molecular formula is C14H21N3O. The molecule has 1 aliphatic heterocycles. The van der Waals surface area contributed by atoms with Crippen LogP contribution in [0.15, 0.2) is 24.3 Å². The van der Waals surface area contributed by atoms with Crippen LogP contribution in [0.5, 0.6) is 0 Å². The number of benzene rings is 1. The van der Waals surface area contributed by atoms with Gasteiger partial charge in [0.2, 0.25) is 5.91 Å². The minimum absolute atomic E-state index is 0.0911. The van der Waals surface area contributed by atoms with Crippen LogP contribution in [-0.4, -0.2) is 37.0 Å². The first-order chi connectivity index (χ1) is 8.65. The Morgan fingerprint density at radius 3 is 3.06 bits per heavy atom. The van der Waals surface area contributed by atoms with E-state index in [1.165, 1.54) is 0 Å². The molecule has 4 nitrogen and oxygen atoms in total. The van der Waals surface area contributed by atoms with Gasteiger partial charge in [0.1, 0.15) is 0 Å². The summed E-state index contributed by atoms with van der Waals surface area (Å²) in [5.74, 6) is 0.0911. The molecule has 2 rings (SSSR count). The van der Waals surface area contributed by atoms with Gasteiger partial charge in [-0.25, -0.2) is 0 Å². The maximum absolute atomic E-state index is 11.2. The maximum atomic E-state index is 11.2. The number of carbonyl (C=O) groups excluding carboxylic acids is 1. The number of nitrogens with zero attached hydrogens (tertiary/aromatic N) is 1. The van der Waals surface area contributed by atoms with Crippen LogP contribution in [-0.2, 0) is 11.3 Å². The van der Waals surface area contributed by atoms with Crippen LogP contribution in [0.4, 0.5) is 5.69 Å². The van der Waals surface area contributed by atoms with Gasteiger partial charge in [-0.15, -0.1) is 0 Å². The summed E-state index contributed by atoms with van der Waals surface area (Å²) in [6.45, 7) is 4.36. The summed E-state index contributed by atoms with van der Waals surface area (Å²) in [6, 6.07) is 8.81. The van der Waals surface area contributed by atoms with Gasteiger partial charge in [0, 0.05) is 38.8 Å². The van der Waals surface area contributed by atoms with E-state index in [0.717, 1.165) is 30.8 Å². The molecule has 1 atom stereocenters. The van der Waals surface area contributed by atoms with Gasteiger partial charge in [-0.2, -0.15) is 0 Å². The molecule has 18 heavy (non-hydrogen) atoms. The van der Waals surface area contributed by atoms with Crippen molar-refractivity contribution in [2.24, 2.45) is 0 Å². The fourth-order valence-electron chi connectivity index (χ4n) is 2.16. The highest BCUT2D eigenvalue weighted by Gasteiger charge is 2.13. The summed E-state index contributed by atoms with van der Waals surface area (Å²) in [5.41, 5.74) is 2.29. The molecule has 4 heteroatoms. The lowest BCUT2D eigenvalue weighted by atomic mass is 10.1. The molecule has 1 heterocycles. The molecule has 0 bridgehead atoms. The van der Waals surface area contributed by atoms with Gasteiger partial charge in [0.15, 0.2) is 0 Å². The molecule has 2 N–H and O–H groups in total. The van der Waals surface area contributed by atoms with Crippen LogP contribution < -0.4 is 10.6 Å². The van der Waals surface area contributed by atoms with E-state index in [4.69, 9.17) is 0 Å². The van der Waals surface area contributed by atoms with Gasteiger partial charge in [-0.3, -0.25) is 4.79 Å². The first kappa shape index (κ1) is 12.9. The zero-order valence-electron chi connectivity index (χ0n) is 11.1. The molecule has 1 aromatic rings. The average molecular weight is 247 g/mol. The summed E-state index contributed by atoms with van der Waals surface area (Å²) in [6.07, 6.45) is 1.16. The Hall–Kier alpha value is -1.55. The first-order valence-electron chi connectivity index (χ1n) is 6.43. The Balaban J connectivity index is 1.98. The second-order valence-electron chi connectivity index (χ2n) is 4.91. The zero-order valence-corrected chi connectivity index (χ0v) is 11.1. The summed E-state index contributed by atoms with van der Waals surface area (Å²) in [5, 5.41) is 6.86. The number of carbonyl (C=O) groups is 1. The van der Waals surface area contributed by atoms with Gasteiger partial charge in [-0.1, -0.05) is 12.1 Å². The number of amides is 1. The Morgan fingerprint density at radius 1 is 1.56 bits per heavy atom. The van der Waals surface area contributed by atoms with Gasteiger partial charge < -0.3 is 15.5 Å². The van der Waals surface area contributed by atoms with E-state index < -0.39 is 0 Å². The summed E-state index contributed by atoms with van der Waals surface area (Å²) in [7, 11) is 1.82. The zero-order chi connectivity index (χ0) is 13.0. The SMILES string of the molecule is CC(=O)N(C)Cc1cccc(NC2CCNC2)c1.